The van der Waals surface area contributed by atoms with E-state index in [2.05, 4.69) is 0 Å². The lowest BCUT2D eigenvalue weighted by molar-refractivity contribution is 0.394. The zero-order valence-corrected chi connectivity index (χ0v) is 7.86. The number of rotatable bonds is 1. The van der Waals surface area contributed by atoms with Gasteiger partial charge in [0, 0.05) is 0 Å². The van der Waals surface area contributed by atoms with Gasteiger partial charge in [0.05, 0.1) is 0 Å². The van der Waals surface area contributed by atoms with E-state index in [-0.39, 0.29) is 5.31 Å². The normalized spacial score (nSPS) is 11.7. The minimum Gasteiger partial charge on any atom is -0.503 e. The molecule has 0 spiro atoms. The van der Waals surface area contributed by atoms with Crippen molar-refractivity contribution in [1.29, 1.82) is 0 Å². The maximum absolute atomic E-state index is 12.9. The van der Waals surface area contributed by atoms with Gasteiger partial charge in [0.2, 0.25) is 0 Å². The van der Waals surface area contributed by atoms with E-state index in [4.69, 9.17) is 5.11 Å². The van der Waals surface area contributed by atoms with Crippen molar-refractivity contribution in [1.82, 2.24) is 0 Å². The molecule has 70 valence electrons. The summed E-state index contributed by atoms with van der Waals surface area (Å²) in [7, 11) is 1.85. The molecule has 0 aromatic heterocycles. The van der Waals surface area contributed by atoms with Gasteiger partial charge in [-0.05, 0) is 23.0 Å². The molecule has 0 aliphatic carbocycles. The second kappa shape index (κ2) is 3.02. The third-order valence-electron chi connectivity index (χ3n) is 1.88. The van der Waals surface area contributed by atoms with Gasteiger partial charge in [-0.1, -0.05) is 13.8 Å². The Kier molecular flexibility index (Phi) is 2.33. The van der Waals surface area contributed by atoms with Crippen molar-refractivity contribution in [3.05, 3.63) is 29.3 Å². The van der Waals surface area contributed by atoms with Crippen LogP contribution in [0.1, 0.15) is 19.4 Å². The van der Waals surface area contributed by atoms with E-state index >= 15 is 0 Å². The second-order valence-corrected chi connectivity index (χ2v) is 4.04. The molecule has 0 aliphatic rings. The molecule has 1 nitrogen and oxygen atoms in total. The number of phenols is 1. The Balaban J connectivity index is 3.29. The Bertz CT molecular complexity index is 308. The molecule has 13 heavy (non-hydrogen) atoms. The van der Waals surface area contributed by atoms with E-state index in [0.717, 1.165) is 12.1 Å². The molecule has 1 aromatic rings. The molecule has 0 aliphatic heterocycles. The molecule has 4 heteroatoms. The third-order valence-corrected chi connectivity index (χ3v) is 1.88. The highest BCUT2D eigenvalue weighted by Gasteiger charge is 2.18. The van der Waals surface area contributed by atoms with Crippen LogP contribution >= 0.6 is 0 Å². The first kappa shape index (κ1) is 10.0. The van der Waals surface area contributed by atoms with E-state index < -0.39 is 17.4 Å². The number of aromatic hydroxyl groups is 1. The first-order chi connectivity index (χ1) is 5.82. The molecule has 0 radical (unpaired) electrons. The molecule has 1 aromatic carbocycles. The third kappa shape index (κ3) is 2.00. The molecule has 0 fully saturated rings. The average Bonchev–Trinajstić information content (AvgIpc) is 1.97. The average molecular weight is 184 g/mol. The summed E-state index contributed by atoms with van der Waals surface area (Å²) >= 11 is 0. The minimum absolute atomic E-state index is 0.324. The Morgan fingerprint density at radius 2 is 1.62 bits per heavy atom. The van der Waals surface area contributed by atoms with Crippen LogP contribution in [0.4, 0.5) is 8.78 Å². The molecule has 0 saturated carbocycles. The number of phenolic OH excluding ortho intramolecular Hbond substituents is 1. The summed E-state index contributed by atoms with van der Waals surface area (Å²) in [5, 5.41) is 8.52. The lowest BCUT2D eigenvalue weighted by Crippen LogP contribution is -2.17. The summed E-state index contributed by atoms with van der Waals surface area (Å²) in [4.78, 5) is 0. The minimum atomic E-state index is -0.912. The highest BCUT2D eigenvalue weighted by atomic mass is 19.1. The van der Waals surface area contributed by atoms with Crippen molar-refractivity contribution < 1.29 is 13.9 Å². The fourth-order valence-electron chi connectivity index (χ4n) is 0.999. The predicted molar refractivity (Wildman–Crippen MR) is 49.6 cm³/mol. The van der Waals surface area contributed by atoms with Crippen LogP contribution < -0.4 is 0 Å². The Morgan fingerprint density at radius 3 is 1.92 bits per heavy atom. The second-order valence-electron chi connectivity index (χ2n) is 4.04. The van der Waals surface area contributed by atoms with Gasteiger partial charge >= 0.3 is 0 Å². The van der Waals surface area contributed by atoms with Gasteiger partial charge in [-0.2, -0.15) is 0 Å². The first-order valence-corrected chi connectivity index (χ1v) is 4.01. The molecule has 0 heterocycles. The first-order valence-electron chi connectivity index (χ1n) is 4.01. The lowest BCUT2D eigenvalue weighted by Gasteiger charge is -2.19. The monoisotopic (exact) mass is 184 g/mol. The number of halogens is 2. The van der Waals surface area contributed by atoms with Gasteiger partial charge in [-0.25, -0.2) is 8.78 Å². The highest BCUT2D eigenvalue weighted by molar-refractivity contribution is 6.15. The van der Waals surface area contributed by atoms with Crippen molar-refractivity contribution in [2.75, 3.05) is 0 Å². The maximum atomic E-state index is 12.9. The summed E-state index contributed by atoms with van der Waals surface area (Å²) < 4.78 is 25.8. The Morgan fingerprint density at radius 1 is 1.23 bits per heavy atom. The van der Waals surface area contributed by atoms with Crippen LogP contribution in [0.5, 0.6) is 5.75 Å². The van der Waals surface area contributed by atoms with Crippen molar-refractivity contribution in [3.8, 4) is 5.75 Å². The van der Waals surface area contributed by atoms with E-state index in [1.807, 2.05) is 21.7 Å². The molecule has 1 N–H and O–H groups in total. The highest BCUT2D eigenvalue weighted by Crippen LogP contribution is 2.27. The zero-order chi connectivity index (χ0) is 10.2. The summed E-state index contributed by atoms with van der Waals surface area (Å²) in [6.45, 7) is 3.69. The largest absolute Gasteiger partial charge is 0.503 e. The molecule has 1 rings (SSSR count). The van der Waals surface area contributed by atoms with Crippen molar-refractivity contribution in [2.24, 2.45) is 0 Å². The van der Waals surface area contributed by atoms with Gasteiger partial charge in [-0.15, -0.1) is 0 Å². The molecular formula is C9H11BF2O. The van der Waals surface area contributed by atoms with E-state index in [1.54, 1.807) is 0 Å². The molecule has 0 bridgehead atoms. The van der Waals surface area contributed by atoms with Crippen LogP contribution in [-0.4, -0.2) is 13.0 Å². The maximum Gasteiger partial charge on any atom is 0.187 e. The fourth-order valence-corrected chi connectivity index (χ4v) is 0.999. The van der Waals surface area contributed by atoms with E-state index in [1.165, 1.54) is 0 Å². The molecule has 0 amide bonds. The van der Waals surface area contributed by atoms with Crippen LogP contribution in [0.3, 0.4) is 0 Å². The van der Waals surface area contributed by atoms with Gasteiger partial charge < -0.3 is 5.11 Å². The quantitative estimate of drug-likeness (QED) is 0.656. The van der Waals surface area contributed by atoms with Gasteiger partial charge in [0.25, 0.3) is 0 Å². The van der Waals surface area contributed by atoms with Crippen LogP contribution in [0.25, 0.3) is 0 Å². The number of benzene rings is 1. The van der Waals surface area contributed by atoms with Gasteiger partial charge in [0.1, 0.15) is 7.85 Å². The van der Waals surface area contributed by atoms with Crippen LogP contribution in [0.2, 0.25) is 0 Å². The molecule has 0 atom stereocenters. The number of hydrogen-bond acceptors (Lipinski definition) is 1. The van der Waals surface area contributed by atoms with Crippen LogP contribution in [0, 0.1) is 11.6 Å². The van der Waals surface area contributed by atoms with Crippen LogP contribution in [-0.2, 0) is 5.31 Å². The van der Waals surface area contributed by atoms with Crippen molar-refractivity contribution in [2.45, 2.75) is 19.2 Å². The fraction of sp³-hybridized carbons (Fsp3) is 0.333. The zero-order valence-electron chi connectivity index (χ0n) is 7.86. The summed E-state index contributed by atoms with van der Waals surface area (Å²) in [6.07, 6.45) is 0. The molecule has 0 unspecified atom stereocenters. The summed E-state index contributed by atoms with van der Waals surface area (Å²) in [5.74, 6) is -2.73. The van der Waals surface area contributed by atoms with E-state index in [9.17, 15) is 8.78 Å². The standard InChI is InChI=1S/C9H11BF2O/c1-9(2,10)5-3-6(11)8(13)7(12)4-5/h3-4,13H,10H2,1-2H3. The topological polar surface area (TPSA) is 20.2 Å². The number of hydrogen-bond donors (Lipinski definition) is 1. The Labute approximate surface area is 76.8 Å². The van der Waals surface area contributed by atoms with E-state index in [0.29, 0.717) is 5.56 Å². The van der Waals surface area contributed by atoms with Crippen molar-refractivity contribution in [3.63, 3.8) is 0 Å². The smallest absolute Gasteiger partial charge is 0.187 e. The SMILES string of the molecule is BC(C)(C)c1cc(F)c(O)c(F)c1. The molecule has 0 saturated heterocycles. The van der Waals surface area contributed by atoms with Crippen LogP contribution in [0.15, 0.2) is 12.1 Å². The van der Waals surface area contributed by atoms with Gasteiger partial charge in [0.15, 0.2) is 17.4 Å². The summed E-state index contributed by atoms with van der Waals surface area (Å²) in [5.41, 5.74) is 0.528. The predicted octanol–water partition coefficient (Wildman–Crippen LogP) is 1.54. The Hall–Kier alpha value is -1.06. The lowest BCUT2D eigenvalue weighted by atomic mass is 9.67. The molecular weight excluding hydrogens is 173 g/mol. The van der Waals surface area contributed by atoms with Crippen molar-refractivity contribution >= 4 is 7.85 Å². The van der Waals surface area contributed by atoms with Gasteiger partial charge in [-0.3, -0.25) is 0 Å². The summed E-state index contributed by atoms with van der Waals surface area (Å²) in [6, 6.07) is 2.30.